The third-order valence-corrected chi connectivity index (χ3v) is 6.19. The molecule has 0 aliphatic rings. The molecule has 0 spiro atoms. The minimum Gasteiger partial charge on any atom is -1.00 e. The van der Waals surface area contributed by atoms with Gasteiger partial charge >= 0.3 is 0 Å². The van der Waals surface area contributed by atoms with Crippen LogP contribution >= 0.6 is 0 Å². The summed E-state index contributed by atoms with van der Waals surface area (Å²) in [4.78, 5) is 0. The molecule has 0 unspecified atom stereocenters. The summed E-state index contributed by atoms with van der Waals surface area (Å²) in [5.41, 5.74) is 6.55. The minimum absolute atomic E-state index is 0. The Morgan fingerprint density at radius 1 is 0.800 bits per heavy atom. The Morgan fingerprint density at radius 3 is 2.26 bits per heavy atom. The molecule has 0 radical (unpaired) electrons. The number of halogens is 1. The molecule has 0 fully saturated rings. The standard InChI is InChI=1S/C30H36N3O.HI/c1-32-22-29(33(2)24-32)19-20-31-21-26-17-15-25(16-18-26)11-8-13-28-12-6-7-14-30(28)34-23-27-9-4-3-5-10-27;/h3-7,9-10,12,14-18,22,24,31H,8,11,13,19-21,23H2,1-2H3;1H/q+1;/p-1. The van der Waals surface area contributed by atoms with E-state index in [0.29, 0.717) is 6.61 Å². The predicted molar refractivity (Wildman–Crippen MR) is 138 cm³/mol. The van der Waals surface area contributed by atoms with Gasteiger partial charge in [-0.2, -0.15) is 0 Å². The number of ether oxygens (including phenoxy) is 1. The highest BCUT2D eigenvalue weighted by Crippen LogP contribution is 2.22. The van der Waals surface area contributed by atoms with Gasteiger partial charge in [0.25, 0.3) is 0 Å². The van der Waals surface area contributed by atoms with Crippen molar-refractivity contribution in [3.8, 4) is 5.75 Å². The second-order valence-corrected chi connectivity index (χ2v) is 8.99. The number of rotatable bonds is 12. The maximum absolute atomic E-state index is 6.11. The monoisotopic (exact) mass is 581 g/mol. The average Bonchev–Trinajstić information content (AvgIpc) is 3.19. The van der Waals surface area contributed by atoms with E-state index in [-0.39, 0.29) is 24.0 Å². The van der Waals surface area contributed by atoms with Crippen molar-refractivity contribution in [1.29, 1.82) is 0 Å². The Labute approximate surface area is 227 Å². The summed E-state index contributed by atoms with van der Waals surface area (Å²) in [7, 11) is 4.17. The van der Waals surface area contributed by atoms with Gasteiger partial charge in [0.1, 0.15) is 24.2 Å². The van der Waals surface area contributed by atoms with Gasteiger partial charge in [0.05, 0.1) is 14.1 Å². The maximum atomic E-state index is 6.11. The Morgan fingerprint density at radius 2 is 1.51 bits per heavy atom. The van der Waals surface area contributed by atoms with Gasteiger partial charge in [-0.25, -0.2) is 9.13 Å². The molecule has 3 aromatic carbocycles. The Hall–Kier alpha value is -2.64. The molecule has 184 valence electrons. The lowest BCUT2D eigenvalue weighted by molar-refractivity contribution is -0.671. The summed E-state index contributed by atoms with van der Waals surface area (Å²) in [6.45, 7) is 2.49. The van der Waals surface area contributed by atoms with Gasteiger partial charge in [0.2, 0.25) is 6.33 Å². The van der Waals surface area contributed by atoms with E-state index in [9.17, 15) is 0 Å². The van der Waals surface area contributed by atoms with Gasteiger partial charge in [-0.3, -0.25) is 0 Å². The highest BCUT2D eigenvalue weighted by atomic mass is 127. The first kappa shape index (κ1) is 27.0. The summed E-state index contributed by atoms with van der Waals surface area (Å²) >= 11 is 0. The van der Waals surface area contributed by atoms with E-state index in [1.165, 1.54) is 27.9 Å². The lowest BCUT2D eigenvalue weighted by atomic mass is 10.0. The molecule has 1 N–H and O–H groups in total. The molecule has 1 aromatic heterocycles. The number of aryl methyl sites for hydroxylation is 4. The van der Waals surface area contributed by atoms with Crippen LogP contribution in [0.3, 0.4) is 0 Å². The smallest absolute Gasteiger partial charge is 0.243 e. The molecule has 0 bridgehead atoms. The Kier molecular flexibility index (Phi) is 10.8. The van der Waals surface area contributed by atoms with Crippen molar-refractivity contribution in [3.05, 3.63) is 119 Å². The fourth-order valence-electron chi connectivity index (χ4n) is 4.29. The highest BCUT2D eigenvalue weighted by molar-refractivity contribution is 5.34. The molecular formula is C30H36IN3O. The summed E-state index contributed by atoms with van der Waals surface area (Å²) < 4.78 is 10.4. The number of hydrogen-bond acceptors (Lipinski definition) is 2. The molecule has 0 amide bonds. The average molecular weight is 582 g/mol. The van der Waals surface area contributed by atoms with E-state index in [1.807, 2.05) is 6.07 Å². The van der Waals surface area contributed by atoms with Crippen molar-refractivity contribution < 1.29 is 33.3 Å². The molecule has 1 heterocycles. The molecule has 0 saturated carbocycles. The number of nitrogens with one attached hydrogen (secondary N) is 1. The highest BCUT2D eigenvalue weighted by Gasteiger charge is 2.07. The number of para-hydroxylation sites is 1. The number of benzene rings is 3. The van der Waals surface area contributed by atoms with Crippen molar-refractivity contribution in [3.63, 3.8) is 0 Å². The van der Waals surface area contributed by atoms with E-state index >= 15 is 0 Å². The zero-order valence-electron chi connectivity index (χ0n) is 20.8. The maximum Gasteiger partial charge on any atom is 0.243 e. The minimum atomic E-state index is 0. The molecular weight excluding hydrogens is 545 g/mol. The quantitative estimate of drug-likeness (QED) is 0.158. The van der Waals surface area contributed by atoms with Gasteiger partial charge in [-0.1, -0.05) is 72.8 Å². The van der Waals surface area contributed by atoms with E-state index in [1.54, 1.807) is 0 Å². The van der Waals surface area contributed by atoms with Crippen molar-refractivity contribution in [2.75, 3.05) is 6.54 Å². The summed E-state index contributed by atoms with van der Waals surface area (Å²) in [5, 5.41) is 3.56. The van der Waals surface area contributed by atoms with Crippen LogP contribution in [-0.4, -0.2) is 11.1 Å². The van der Waals surface area contributed by atoms with E-state index < -0.39 is 0 Å². The molecule has 5 heteroatoms. The number of imidazole rings is 1. The third kappa shape index (κ3) is 8.51. The van der Waals surface area contributed by atoms with Crippen LogP contribution in [0.15, 0.2) is 91.4 Å². The molecule has 4 aromatic rings. The van der Waals surface area contributed by atoms with Crippen LogP contribution in [0.2, 0.25) is 0 Å². The number of aromatic nitrogens is 2. The van der Waals surface area contributed by atoms with Crippen LogP contribution in [0, 0.1) is 0 Å². The molecule has 0 saturated heterocycles. The number of nitrogens with zero attached hydrogens (tertiary/aromatic N) is 2. The summed E-state index contributed by atoms with van der Waals surface area (Å²) in [6.07, 6.45) is 8.52. The van der Waals surface area contributed by atoms with Crippen LogP contribution in [0.1, 0.15) is 34.4 Å². The van der Waals surface area contributed by atoms with Gasteiger partial charge in [0, 0.05) is 19.5 Å². The second-order valence-electron chi connectivity index (χ2n) is 8.99. The zero-order chi connectivity index (χ0) is 23.6. The van der Waals surface area contributed by atoms with E-state index in [0.717, 1.165) is 44.5 Å². The van der Waals surface area contributed by atoms with E-state index in [2.05, 4.69) is 114 Å². The van der Waals surface area contributed by atoms with Crippen molar-refractivity contribution in [2.24, 2.45) is 14.1 Å². The topological polar surface area (TPSA) is 30.1 Å². The normalized spacial score (nSPS) is 10.7. The molecule has 0 aliphatic heterocycles. The van der Waals surface area contributed by atoms with Crippen LogP contribution in [0.4, 0.5) is 0 Å². The van der Waals surface area contributed by atoms with Crippen LogP contribution < -0.4 is 38.6 Å². The lowest BCUT2D eigenvalue weighted by Crippen LogP contribution is -3.00. The van der Waals surface area contributed by atoms with Gasteiger partial charge in [0.15, 0.2) is 0 Å². The fourth-order valence-corrected chi connectivity index (χ4v) is 4.29. The lowest BCUT2D eigenvalue weighted by Gasteiger charge is -2.12. The van der Waals surface area contributed by atoms with Crippen molar-refractivity contribution in [2.45, 2.75) is 38.8 Å². The van der Waals surface area contributed by atoms with Crippen LogP contribution in [0.5, 0.6) is 5.75 Å². The molecule has 4 rings (SSSR count). The number of hydrogen-bond donors (Lipinski definition) is 1. The Balaban J connectivity index is 0.00000342. The SMILES string of the molecule is Cn1c[n+](C)cc1CCNCc1ccc(CCCc2ccccc2OCc2ccccc2)cc1.[I-]. The molecule has 0 aliphatic carbocycles. The Bertz CT molecular complexity index is 1160. The largest absolute Gasteiger partial charge is 1.00 e. The van der Waals surface area contributed by atoms with Gasteiger partial charge < -0.3 is 34.0 Å². The third-order valence-electron chi connectivity index (χ3n) is 6.19. The summed E-state index contributed by atoms with van der Waals surface area (Å²) in [6, 6.07) is 27.8. The first-order valence-electron chi connectivity index (χ1n) is 12.2. The van der Waals surface area contributed by atoms with Crippen LogP contribution in [-0.2, 0) is 46.5 Å². The zero-order valence-corrected chi connectivity index (χ0v) is 22.9. The predicted octanol–water partition coefficient (Wildman–Crippen LogP) is 1.94. The molecule has 4 nitrogen and oxygen atoms in total. The summed E-state index contributed by atoms with van der Waals surface area (Å²) in [5.74, 6) is 0.997. The van der Waals surface area contributed by atoms with Crippen molar-refractivity contribution >= 4 is 0 Å². The second kappa shape index (κ2) is 14.0. The van der Waals surface area contributed by atoms with Crippen LogP contribution in [0.25, 0.3) is 0 Å². The van der Waals surface area contributed by atoms with E-state index in [4.69, 9.17) is 4.74 Å². The first-order valence-corrected chi connectivity index (χ1v) is 12.2. The van der Waals surface area contributed by atoms with Crippen molar-refractivity contribution in [1.82, 2.24) is 9.88 Å². The van der Waals surface area contributed by atoms with Gasteiger partial charge in [-0.15, -0.1) is 0 Å². The first-order chi connectivity index (χ1) is 16.7. The van der Waals surface area contributed by atoms with Gasteiger partial charge in [-0.05, 0) is 47.6 Å². The molecule has 35 heavy (non-hydrogen) atoms. The molecule has 0 atom stereocenters. The fraction of sp³-hybridized carbons (Fsp3) is 0.300.